The number of aromatic nitrogens is 2. The number of carbonyl (C=O) groups is 1. The van der Waals surface area contributed by atoms with E-state index in [0.29, 0.717) is 19.1 Å². The molecule has 16 heavy (non-hydrogen) atoms. The van der Waals surface area contributed by atoms with Gasteiger partial charge in [0.25, 0.3) is 11.5 Å². The number of amides is 1. The van der Waals surface area contributed by atoms with E-state index in [2.05, 4.69) is 15.5 Å². The first-order valence-electron chi connectivity index (χ1n) is 5.25. The summed E-state index contributed by atoms with van der Waals surface area (Å²) in [6, 6.07) is 3.06. The molecule has 1 atom stereocenters. The SMILES string of the molecule is C[C@H]1CN(C(=O)c2ccc(=O)[nH]n2)CCN1. The van der Waals surface area contributed by atoms with Crippen molar-refractivity contribution in [2.75, 3.05) is 19.6 Å². The number of rotatable bonds is 1. The summed E-state index contributed by atoms with van der Waals surface area (Å²) < 4.78 is 0. The Morgan fingerprint density at radius 2 is 2.38 bits per heavy atom. The van der Waals surface area contributed by atoms with Crippen molar-refractivity contribution in [1.29, 1.82) is 0 Å². The van der Waals surface area contributed by atoms with Gasteiger partial charge in [-0.1, -0.05) is 0 Å². The van der Waals surface area contributed by atoms with Gasteiger partial charge in [0.05, 0.1) is 0 Å². The summed E-state index contributed by atoms with van der Waals surface area (Å²) in [5, 5.41) is 9.25. The molecule has 0 unspecified atom stereocenters. The second kappa shape index (κ2) is 4.44. The maximum Gasteiger partial charge on any atom is 0.274 e. The molecule has 0 spiro atoms. The Balaban J connectivity index is 2.12. The van der Waals surface area contributed by atoms with Gasteiger partial charge in [-0.15, -0.1) is 0 Å². The van der Waals surface area contributed by atoms with Gasteiger partial charge >= 0.3 is 0 Å². The molecule has 0 aromatic carbocycles. The Hall–Kier alpha value is -1.69. The zero-order chi connectivity index (χ0) is 11.5. The lowest BCUT2D eigenvalue weighted by Gasteiger charge is -2.31. The standard InChI is InChI=1S/C10H14N4O2/c1-7-6-14(5-4-11-7)10(16)8-2-3-9(15)13-12-8/h2-3,7,11H,4-6H2,1H3,(H,13,15)/t7-/m0/s1. The van der Waals surface area contributed by atoms with Gasteiger partial charge in [0.15, 0.2) is 0 Å². The van der Waals surface area contributed by atoms with Crippen LogP contribution in [0.4, 0.5) is 0 Å². The highest BCUT2D eigenvalue weighted by Crippen LogP contribution is 2.03. The number of H-pyrrole nitrogens is 1. The predicted octanol–water partition coefficient (Wildman–Crippen LogP) is -0.796. The first kappa shape index (κ1) is 10.8. The predicted molar refractivity (Wildman–Crippen MR) is 58.2 cm³/mol. The highest BCUT2D eigenvalue weighted by Gasteiger charge is 2.22. The van der Waals surface area contributed by atoms with Crippen LogP contribution in [0.2, 0.25) is 0 Å². The van der Waals surface area contributed by atoms with E-state index in [1.807, 2.05) is 6.92 Å². The summed E-state index contributed by atoms with van der Waals surface area (Å²) in [7, 11) is 0. The van der Waals surface area contributed by atoms with E-state index in [1.54, 1.807) is 4.90 Å². The molecule has 2 rings (SSSR count). The van der Waals surface area contributed by atoms with E-state index < -0.39 is 0 Å². The van der Waals surface area contributed by atoms with Crippen LogP contribution >= 0.6 is 0 Å². The minimum Gasteiger partial charge on any atom is -0.334 e. The second-order valence-electron chi connectivity index (χ2n) is 3.91. The Kier molecular flexibility index (Phi) is 3.00. The summed E-state index contributed by atoms with van der Waals surface area (Å²) in [5.41, 5.74) is -0.0149. The normalized spacial score (nSPS) is 20.8. The van der Waals surface area contributed by atoms with Gasteiger partial charge in [0.2, 0.25) is 0 Å². The molecule has 0 radical (unpaired) electrons. The van der Waals surface area contributed by atoms with Crippen molar-refractivity contribution in [2.45, 2.75) is 13.0 Å². The second-order valence-corrected chi connectivity index (χ2v) is 3.91. The van der Waals surface area contributed by atoms with Gasteiger partial charge in [-0.3, -0.25) is 9.59 Å². The van der Waals surface area contributed by atoms with Gasteiger partial charge in [-0.2, -0.15) is 5.10 Å². The van der Waals surface area contributed by atoms with Crippen molar-refractivity contribution in [3.05, 3.63) is 28.2 Å². The van der Waals surface area contributed by atoms with Crippen LogP contribution in [-0.2, 0) is 0 Å². The number of piperazine rings is 1. The van der Waals surface area contributed by atoms with E-state index in [-0.39, 0.29) is 17.2 Å². The molecule has 1 aromatic rings. The van der Waals surface area contributed by atoms with E-state index in [0.717, 1.165) is 6.54 Å². The zero-order valence-electron chi connectivity index (χ0n) is 9.06. The molecule has 1 fully saturated rings. The highest BCUT2D eigenvalue weighted by molar-refractivity contribution is 5.92. The smallest absolute Gasteiger partial charge is 0.274 e. The third-order valence-electron chi connectivity index (χ3n) is 2.55. The Morgan fingerprint density at radius 3 is 3.00 bits per heavy atom. The molecule has 6 nitrogen and oxygen atoms in total. The Bertz CT molecular complexity index is 422. The lowest BCUT2D eigenvalue weighted by molar-refractivity contribution is 0.0702. The first-order chi connectivity index (χ1) is 7.66. The molecule has 1 aromatic heterocycles. The number of nitrogens with one attached hydrogen (secondary N) is 2. The number of hydrogen-bond acceptors (Lipinski definition) is 4. The van der Waals surface area contributed by atoms with Crippen molar-refractivity contribution in [3.63, 3.8) is 0 Å². The monoisotopic (exact) mass is 222 g/mol. The van der Waals surface area contributed by atoms with Crippen molar-refractivity contribution in [1.82, 2.24) is 20.4 Å². The van der Waals surface area contributed by atoms with Gasteiger partial charge in [-0.05, 0) is 13.0 Å². The fraction of sp³-hybridized carbons (Fsp3) is 0.500. The van der Waals surface area contributed by atoms with Gasteiger partial charge in [-0.25, -0.2) is 5.10 Å². The fourth-order valence-corrected chi connectivity index (χ4v) is 1.74. The van der Waals surface area contributed by atoms with E-state index >= 15 is 0 Å². The van der Waals surface area contributed by atoms with Crippen molar-refractivity contribution < 1.29 is 4.79 Å². The minimum atomic E-state index is -0.301. The topological polar surface area (TPSA) is 78.1 Å². The molecule has 1 amide bonds. The average Bonchev–Trinajstić information content (AvgIpc) is 2.29. The van der Waals surface area contributed by atoms with Crippen LogP contribution in [0.1, 0.15) is 17.4 Å². The summed E-state index contributed by atoms with van der Waals surface area (Å²) in [5.74, 6) is -0.135. The number of carbonyl (C=O) groups excluding carboxylic acids is 1. The van der Waals surface area contributed by atoms with E-state index in [4.69, 9.17) is 0 Å². The van der Waals surface area contributed by atoms with Crippen LogP contribution in [0.5, 0.6) is 0 Å². The third kappa shape index (κ3) is 2.27. The molecule has 0 saturated carbocycles. The van der Waals surface area contributed by atoms with E-state index in [1.165, 1.54) is 12.1 Å². The Morgan fingerprint density at radius 1 is 1.56 bits per heavy atom. The molecular weight excluding hydrogens is 208 g/mol. The molecule has 2 N–H and O–H groups in total. The molecule has 2 heterocycles. The Labute approximate surface area is 92.7 Å². The number of nitrogens with zero attached hydrogens (tertiary/aromatic N) is 2. The zero-order valence-corrected chi connectivity index (χ0v) is 9.06. The lowest BCUT2D eigenvalue weighted by atomic mass is 10.2. The largest absolute Gasteiger partial charge is 0.334 e. The van der Waals surface area contributed by atoms with Gasteiger partial charge in [0, 0.05) is 31.7 Å². The van der Waals surface area contributed by atoms with Crippen LogP contribution in [0, 0.1) is 0 Å². The van der Waals surface area contributed by atoms with Crippen LogP contribution in [0.25, 0.3) is 0 Å². The number of aromatic amines is 1. The van der Waals surface area contributed by atoms with Gasteiger partial charge in [0.1, 0.15) is 5.69 Å². The van der Waals surface area contributed by atoms with Crippen molar-refractivity contribution in [2.24, 2.45) is 0 Å². The molecule has 86 valence electrons. The van der Waals surface area contributed by atoms with Crippen LogP contribution < -0.4 is 10.9 Å². The lowest BCUT2D eigenvalue weighted by Crippen LogP contribution is -2.51. The number of hydrogen-bond donors (Lipinski definition) is 2. The average molecular weight is 222 g/mol. The summed E-state index contributed by atoms with van der Waals surface area (Å²) in [6.45, 7) is 4.15. The first-order valence-corrected chi connectivity index (χ1v) is 5.25. The minimum absolute atomic E-state index is 0.135. The maximum absolute atomic E-state index is 12.0. The van der Waals surface area contributed by atoms with Crippen LogP contribution in [-0.4, -0.2) is 46.7 Å². The van der Waals surface area contributed by atoms with Gasteiger partial charge < -0.3 is 10.2 Å². The quantitative estimate of drug-likeness (QED) is 0.652. The van der Waals surface area contributed by atoms with Crippen molar-refractivity contribution in [3.8, 4) is 0 Å². The highest BCUT2D eigenvalue weighted by atomic mass is 16.2. The summed E-state index contributed by atoms with van der Waals surface area (Å²) >= 11 is 0. The molecular formula is C10H14N4O2. The maximum atomic E-state index is 12.0. The van der Waals surface area contributed by atoms with E-state index in [9.17, 15) is 9.59 Å². The molecule has 0 bridgehead atoms. The third-order valence-corrected chi connectivity index (χ3v) is 2.55. The molecule has 1 saturated heterocycles. The van der Waals surface area contributed by atoms with Crippen molar-refractivity contribution >= 4 is 5.91 Å². The fourth-order valence-electron chi connectivity index (χ4n) is 1.74. The van der Waals surface area contributed by atoms with Crippen LogP contribution in [0.15, 0.2) is 16.9 Å². The summed E-state index contributed by atoms with van der Waals surface area (Å²) in [6.07, 6.45) is 0. The molecule has 1 aliphatic heterocycles. The molecule has 6 heteroatoms. The molecule has 1 aliphatic rings. The van der Waals surface area contributed by atoms with Crippen LogP contribution in [0.3, 0.4) is 0 Å². The molecule has 0 aliphatic carbocycles. The summed E-state index contributed by atoms with van der Waals surface area (Å²) in [4.78, 5) is 24.5.